The van der Waals surface area contributed by atoms with Gasteiger partial charge in [-0.25, -0.2) is 4.68 Å². The van der Waals surface area contributed by atoms with Gasteiger partial charge in [0.25, 0.3) is 0 Å². The number of benzene rings is 1. The van der Waals surface area contributed by atoms with Crippen molar-refractivity contribution in [2.75, 3.05) is 7.11 Å². The summed E-state index contributed by atoms with van der Waals surface area (Å²) in [5.41, 5.74) is 1.58. The minimum absolute atomic E-state index is 0.430. The summed E-state index contributed by atoms with van der Waals surface area (Å²) in [6.45, 7) is 0.430. The molecular weight excluding hydrogens is 247 g/mol. The fourth-order valence-corrected chi connectivity index (χ4v) is 1.88. The number of nitrogens with zero attached hydrogens (tertiary/aromatic N) is 2. The SMILES string of the molecule is COCc1[c]cnn1-c1ccc(Cl)cc1Cl. The Morgan fingerprint density at radius 3 is 2.94 bits per heavy atom. The van der Waals surface area contributed by atoms with E-state index < -0.39 is 0 Å². The van der Waals surface area contributed by atoms with Crippen LogP contribution in [-0.2, 0) is 11.3 Å². The first-order chi connectivity index (χ1) is 7.72. The van der Waals surface area contributed by atoms with E-state index in [2.05, 4.69) is 11.2 Å². The maximum absolute atomic E-state index is 6.09. The molecule has 83 valence electrons. The molecule has 0 aliphatic carbocycles. The molecule has 2 rings (SSSR count). The zero-order valence-electron chi connectivity index (χ0n) is 8.58. The summed E-state index contributed by atoms with van der Waals surface area (Å²) in [4.78, 5) is 0. The van der Waals surface area contributed by atoms with Crippen LogP contribution >= 0.6 is 23.2 Å². The molecule has 2 aromatic rings. The lowest BCUT2D eigenvalue weighted by molar-refractivity contribution is 0.179. The van der Waals surface area contributed by atoms with Crippen molar-refractivity contribution in [2.24, 2.45) is 0 Å². The summed E-state index contributed by atoms with van der Waals surface area (Å²) in [6.07, 6.45) is 1.58. The molecule has 1 aromatic heterocycles. The van der Waals surface area contributed by atoms with E-state index in [1.54, 1.807) is 30.1 Å². The van der Waals surface area contributed by atoms with Crippen molar-refractivity contribution in [1.82, 2.24) is 9.78 Å². The van der Waals surface area contributed by atoms with Crippen LogP contribution in [0.3, 0.4) is 0 Å². The molecule has 0 unspecified atom stereocenters. The molecule has 0 N–H and O–H groups in total. The maximum atomic E-state index is 6.09. The van der Waals surface area contributed by atoms with Gasteiger partial charge < -0.3 is 4.74 Å². The van der Waals surface area contributed by atoms with E-state index in [4.69, 9.17) is 27.9 Å². The quantitative estimate of drug-likeness (QED) is 0.843. The minimum atomic E-state index is 0.430. The van der Waals surface area contributed by atoms with Crippen molar-refractivity contribution >= 4 is 23.2 Å². The summed E-state index contributed by atoms with van der Waals surface area (Å²) in [5.74, 6) is 0. The van der Waals surface area contributed by atoms with E-state index in [-0.39, 0.29) is 0 Å². The monoisotopic (exact) mass is 255 g/mol. The van der Waals surface area contributed by atoms with Gasteiger partial charge in [-0.1, -0.05) is 23.2 Å². The fraction of sp³-hybridized carbons (Fsp3) is 0.182. The Bertz CT molecular complexity index is 496. The number of rotatable bonds is 3. The molecule has 0 aliphatic heterocycles. The second kappa shape index (κ2) is 4.87. The van der Waals surface area contributed by atoms with Gasteiger partial charge >= 0.3 is 0 Å². The number of aromatic nitrogens is 2. The van der Waals surface area contributed by atoms with Crippen molar-refractivity contribution in [3.8, 4) is 5.69 Å². The molecule has 0 atom stereocenters. The van der Waals surface area contributed by atoms with Crippen LogP contribution in [-0.4, -0.2) is 16.9 Å². The highest BCUT2D eigenvalue weighted by molar-refractivity contribution is 6.35. The first-order valence-electron chi connectivity index (χ1n) is 4.61. The topological polar surface area (TPSA) is 27.1 Å². The van der Waals surface area contributed by atoms with E-state index >= 15 is 0 Å². The van der Waals surface area contributed by atoms with E-state index in [0.29, 0.717) is 16.7 Å². The van der Waals surface area contributed by atoms with Gasteiger partial charge in [0.15, 0.2) is 0 Å². The van der Waals surface area contributed by atoms with Gasteiger partial charge in [0.2, 0.25) is 0 Å². The second-order valence-corrected chi connectivity index (χ2v) is 4.02. The van der Waals surface area contributed by atoms with Crippen molar-refractivity contribution in [2.45, 2.75) is 6.61 Å². The average Bonchev–Trinajstić information content (AvgIpc) is 2.67. The van der Waals surface area contributed by atoms with Crippen molar-refractivity contribution in [3.05, 3.63) is 46.2 Å². The smallest absolute Gasteiger partial charge is 0.0891 e. The predicted octanol–water partition coefficient (Wildman–Crippen LogP) is 3.13. The molecule has 1 aromatic carbocycles. The molecule has 0 saturated carbocycles. The molecule has 0 bridgehead atoms. The Balaban J connectivity index is 2.46. The Morgan fingerprint density at radius 2 is 2.25 bits per heavy atom. The highest BCUT2D eigenvalue weighted by atomic mass is 35.5. The van der Waals surface area contributed by atoms with Crippen LogP contribution in [0.2, 0.25) is 10.0 Å². The van der Waals surface area contributed by atoms with E-state index in [1.165, 1.54) is 0 Å². The number of halogens is 2. The standard InChI is InChI=1S/C11H9Cl2N2O/c1-16-7-9-4-5-14-15(9)11-3-2-8(12)6-10(11)13/h2-3,5-6H,7H2,1H3. The molecule has 3 nitrogen and oxygen atoms in total. The molecule has 16 heavy (non-hydrogen) atoms. The number of methoxy groups -OCH3 is 1. The lowest BCUT2D eigenvalue weighted by Gasteiger charge is -2.08. The molecule has 0 aliphatic rings. The molecule has 0 amide bonds. The third kappa shape index (κ3) is 2.21. The largest absolute Gasteiger partial charge is 0.378 e. The normalized spacial score (nSPS) is 10.7. The van der Waals surface area contributed by atoms with E-state index in [1.807, 2.05) is 6.07 Å². The second-order valence-electron chi connectivity index (χ2n) is 3.18. The summed E-state index contributed by atoms with van der Waals surface area (Å²) < 4.78 is 6.73. The first-order valence-corrected chi connectivity index (χ1v) is 5.37. The maximum Gasteiger partial charge on any atom is 0.0891 e. The summed E-state index contributed by atoms with van der Waals surface area (Å²) in [7, 11) is 1.62. The molecule has 0 saturated heterocycles. The molecule has 1 radical (unpaired) electrons. The molecular formula is C11H9Cl2N2O. The third-order valence-corrected chi connectivity index (χ3v) is 2.62. The van der Waals surface area contributed by atoms with E-state index in [0.717, 1.165) is 11.4 Å². The average molecular weight is 256 g/mol. The highest BCUT2D eigenvalue weighted by Gasteiger charge is 2.08. The molecule has 1 heterocycles. The Labute approximate surface area is 104 Å². The lowest BCUT2D eigenvalue weighted by atomic mass is 10.3. The Kier molecular flexibility index (Phi) is 3.49. The summed E-state index contributed by atoms with van der Waals surface area (Å²) >= 11 is 11.9. The van der Waals surface area contributed by atoms with Crippen molar-refractivity contribution in [3.63, 3.8) is 0 Å². The van der Waals surface area contributed by atoms with Crippen molar-refractivity contribution in [1.29, 1.82) is 0 Å². The van der Waals surface area contributed by atoms with Gasteiger partial charge in [-0.05, 0) is 18.2 Å². The van der Waals surface area contributed by atoms with Gasteiger partial charge in [-0.15, -0.1) is 0 Å². The van der Waals surface area contributed by atoms with Gasteiger partial charge in [-0.3, -0.25) is 0 Å². The third-order valence-electron chi connectivity index (χ3n) is 2.08. The predicted molar refractivity (Wildman–Crippen MR) is 63.1 cm³/mol. The zero-order valence-corrected chi connectivity index (χ0v) is 10.1. The van der Waals surface area contributed by atoms with Crippen LogP contribution in [0.4, 0.5) is 0 Å². The van der Waals surface area contributed by atoms with Crippen LogP contribution in [0.25, 0.3) is 5.69 Å². The zero-order chi connectivity index (χ0) is 11.5. The van der Waals surface area contributed by atoms with Gasteiger partial charge in [0.05, 0.1) is 29.2 Å². The van der Waals surface area contributed by atoms with Gasteiger partial charge in [-0.2, -0.15) is 5.10 Å². The first kappa shape index (κ1) is 11.5. The van der Waals surface area contributed by atoms with Crippen LogP contribution in [0.5, 0.6) is 0 Å². The molecule has 0 spiro atoms. The van der Waals surface area contributed by atoms with Crippen molar-refractivity contribution < 1.29 is 4.74 Å². The Morgan fingerprint density at radius 1 is 1.44 bits per heavy atom. The lowest BCUT2D eigenvalue weighted by Crippen LogP contribution is -2.03. The highest BCUT2D eigenvalue weighted by Crippen LogP contribution is 2.24. The number of hydrogen-bond donors (Lipinski definition) is 0. The molecule has 0 fully saturated rings. The summed E-state index contributed by atoms with van der Waals surface area (Å²) in [5, 5.41) is 5.29. The number of hydrogen-bond acceptors (Lipinski definition) is 2. The fourth-order valence-electron chi connectivity index (χ4n) is 1.39. The van der Waals surface area contributed by atoms with Crippen LogP contribution in [0.1, 0.15) is 5.69 Å². The summed E-state index contributed by atoms with van der Waals surface area (Å²) in [6, 6.07) is 8.23. The minimum Gasteiger partial charge on any atom is -0.378 e. The Hall–Kier alpha value is -1.03. The number of ether oxygens (including phenoxy) is 1. The van der Waals surface area contributed by atoms with Gasteiger partial charge in [0.1, 0.15) is 0 Å². The van der Waals surface area contributed by atoms with E-state index in [9.17, 15) is 0 Å². The van der Waals surface area contributed by atoms with Crippen LogP contribution in [0.15, 0.2) is 24.4 Å². The molecule has 5 heteroatoms. The van der Waals surface area contributed by atoms with Gasteiger partial charge in [0, 0.05) is 18.2 Å². The van der Waals surface area contributed by atoms with Crippen LogP contribution in [0, 0.1) is 6.07 Å². The van der Waals surface area contributed by atoms with Crippen LogP contribution < -0.4 is 0 Å².